The fraction of sp³-hybridized carbons (Fsp3) is 0.500. The van der Waals surface area contributed by atoms with Crippen molar-refractivity contribution in [3.05, 3.63) is 29.3 Å². The van der Waals surface area contributed by atoms with Gasteiger partial charge in [0.05, 0.1) is 5.92 Å². The second kappa shape index (κ2) is 8.29. The molecular weight excluding hydrogens is 270 g/mol. The molecular formula is C16H23NO4. The van der Waals surface area contributed by atoms with Crippen LogP contribution in [0.3, 0.4) is 0 Å². The molecule has 1 amide bonds. The second-order valence-corrected chi connectivity index (χ2v) is 5.34. The lowest BCUT2D eigenvalue weighted by atomic mass is 10.1. The highest BCUT2D eigenvalue weighted by molar-refractivity contribution is 5.77. The first kappa shape index (κ1) is 17.0. The Morgan fingerprint density at radius 1 is 1.24 bits per heavy atom. The maximum atomic E-state index is 11.6. The Balaban J connectivity index is 2.23. The first-order chi connectivity index (χ1) is 9.88. The topological polar surface area (TPSA) is 75.6 Å². The highest BCUT2D eigenvalue weighted by Gasteiger charge is 2.10. The molecule has 1 aromatic carbocycles. The van der Waals surface area contributed by atoms with Crippen molar-refractivity contribution in [2.75, 3.05) is 13.2 Å². The van der Waals surface area contributed by atoms with Crippen molar-refractivity contribution in [2.24, 2.45) is 5.92 Å². The summed E-state index contributed by atoms with van der Waals surface area (Å²) in [6, 6.07) is 5.81. The van der Waals surface area contributed by atoms with E-state index in [1.54, 1.807) is 6.92 Å². The van der Waals surface area contributed by atoms with Gasteiger partial charge in [-0.25, -0.2) is 0 Å². The molecule has 0 radical (unpaired) electrons. The van der Waals surface area contributed by atoms with Crippen molar-refractivity contribution < 1.29 is 19.4 Å². The summed E-state index contributed by atoms with van der Waals surface area (Å²) in [5.41, 5.74) is 2.18. The van der Waals surface area contributed by atoms with Crippen LogP contribution in [-0.2, 0) is 9.59 Å². The van der Waals surface area contributed by atoms with Crippen LogP contribution in [0.15, 0.2) is 18.2 Å². The number of rotatable bonds is 8. The molecule has 0 saturated heterocycles. The average Bonchev–Trinajstić information content (AvgIpc) is 2.40. The number of hydrogen-bond acceptors (Lipinski definition) is 3. The van der Waals surface area contributed by atoms with Crippen LogP contribution < -0.4 is 10.1 Å². The molecule has 5 nitrogen and oxygen atoms in total. The molecule has 1 unspecified atom stereocenters. The average molecular weight is 293 g/mol. The van der Waals surface area contributed by atoms with Crippen molar-refractivity contribution >= 4 is 11.9 Å². The van der Waals surface area contributed by atoms with E-state index in [0.717, 1.165) is 11.1 Å². The molecule has 0 spiro atoms. The van der Waals surface area contributed by atoms with Gasteiger partial charge in [-0.05, 0) is 49.9 Å². The highest BCUT2D eigenvalue weighted by Crippen LogP contribution is 2.15. The molecule has 2 N–H and O–H groups in total. The predicted octanol–water partition coefficient (Wildman–Crippen LogP) is 2.30. The molecule has 1 aromatic rings. The maximum Gasteiger partial charge on any atom is 0.306 e. The lowest BCUT2D eigenvalue weighted by Crippen LogP contribution is -2.30. The third kappa shape index (κ3) is 6.79. The van der Waals surface area contributed by atoms with E-state index >= 15 is 0 Å². The largest absolute Gasteiger partial charge is 0.484 e. The molecule has 0 saturated carbocycles. The van der Waals surface area contributed by atoms with Crippen LogP contribution >= 0.6 is 0 Å². The molecule has 116 valence electrons. The molecule has 1 rings (SSSR count). The van der Waals surface area contributed by atoms with Gasteiger partial charge in [-0.2, -0.15) is 0 Å². The van der Waals surface area contributed by atoms with Crippen molar-refractivity contribution in [2.45, 2.75) is 33.6 Å². The molecule has 0 heterocycles. The number of amides is 1. The van der Waals surface area contributed by atoms with Gasteiger partial charge in [-0.1, -0.05) is 13.0 Å². The number of ether oxygens (including phenoxy) is 1. The summed E-state index contributed by atoms with van der Waals surface area (Å²) < 4.78 is 5.44. The number of carboxylic acids is 1. The van der Waals surface area contributed by atoms with Gasteiger partial charge in [0.25, 0.3) is 5.91 Å². The summed E-state index contributed by atoms with van der Waals surface area (Å²) in [6.45, 7) is 6.05. The monoisotopic (exact) mass is 293 g/mol. The van der Waals surface area contributed by atoms with Crippen LogP contribution in [0, 0.1) is 19.8 Å². The van der Waals surface area contributed by atoms with Gasteiger partial charge in [-0.15, -0.1) is 0 Å². The summed E-state index contributed by atoms with van der Waals surface area (Å²) in [5.74, 6) is -0.702. The number of benzene rings is 1. The predicted molar refractivity (Wildman–Crippen MR) is 80.5 cm³/mol. The molecule has 0 bridgehead atoms. The van der Waals surface area contributed by atoms with E-state index in [4.69, 9.17) is 9.84 Å². The summed E-state index contributed by atoms with van der Waals surface area (Å²) in [6.07, 6.45) is 1.19. The number of hydrogen-bond donors (Lipinski definition) is 2. The summed E-state index contributed by atoms with van der Waals surface area (Å²) in [7, 11) is 0. The first-order valence-electron chi connectivity index (χ1n) is 7.09. The van der Waals surface area contributed by atoms with E-state index in [1.165, 1.54) is 0 Å². The highest BCUT2D eigenvalue weighted by atomic mass is 16.5. The number of carbonyl (C=O) groups is 2. The summed E-state index contributed by atoms with van der Waals surface area (Å²) >= 11 is 0. The number of aryl methyl sites for hydroxylation is 2. The lowest BCUT2D eigenvalue weighted by Gasteiger charge is -2.09. The molecule has 0 aromatic heterocycles. The molecule has 0 aliphatic heterocycles. The first-order valence-corrected chi connectivity index (χ1v) is 7.09. The quantitative estimate of drug-likeness (QED) is 0.721. The number of nitrogens with one attached hydrogen (secondary N) is 1. The molecule has 0 aliphatic carbocycles. The van der Waals surface area contributed by atoms with Gasteiger partial charge in [0.2, 0.25) is 0 Å². The number of aliphatic carboxylic acids is 1. The minimum atomic E-state index is -0.806. The summed E-state index contributed by atoms with van der Waals surface area (Å²) in [4.78, 5) is 22.2. The van der Waals surface area contributed by atoms with Gasteiger partial charge in [0, 0.05) is 6.54 Å². The van der Waals surface area contributed by atoms with Gasteiger partial charge >= 0.3 is 5.97 Å². The van der Waals surface area contributed by atoms with Crippen LogP contribution in [-0.4, -0.2) is 30.1 Å². The van der Waals surface area contributed by atoms with Crippen molar-refractivity contribution in [3.63, 3.8) is 0 Å². The Hall–Kier alpha value is -2.04. The minimum Gasteiger partial charge on any atom is -0.484 e. The standard InChI is InChI=1S/C16H23NO4/c1-11-7-12(2)9-14(8-11)21-10-15(18)17-6-4-5-13(3)16(19)20/h7-9,13H,4-6,10H2,1-3H3,(H,17,18)(H,19,20). The third-order valence-electron chi connectivity index (χ3n) is 3.12. The smallest absolute Gasteiger partial charge is 0.306 e. The SMILES string of the molecule is Cc1cc(C)cc(OCC(=O)NCCCC(C)C(=O)O)c1. The van der Waals surface area contributed by atoms with Crippen molar-refractivity contribution in [1.29, 1.82) is 0 Å². The van der Waals surface area contributed by atoms with E-state index in [0.29, 0.717) is 25.1 Å². The van der Waals surface area contributed by atoms with E-state index in [1.807, 2.05) is 32.0 Å². The summed E-state index contributed by atoms with van der Waals surface area (Å²) in [5, 5.41) is 11.5. The van der Waals surface area contributed by atoms with E-state index in [-0.39, 0.29) is 18.4 Å². The third-order valence-corrected chi connectivity index (χ3v) is 3.12. The van der Waals surface area contributed by atoms with Gasteiger partial charge in [0.15, 0.2) is 6.61 Å². The fourth-order valence-corrected chi connectivity index (χ4v) is 1.98. The Morgan fingerprint density at radius 2 is 1.86 bits per heavy atom. The van der Waals surface area contributed by atoms with Crippen LogP contribution in [0.5, 0.6) is 5.75 Å². The lowest BCUT2D eigenvalue weighted by molar-refractivity contribution is -0.141. The zero-order valence-corrected chi connectivity index (χ0v) is 12.8. The van der Waals surface area contributed by atoms with E-state index in [9.17, 15) is 9.59 Å². The fourth-order valence-electron chi connectivity index (χ4n) is 1.98. The Kier molecular flexibility index (Phi) is 6.72. The van der Waals surface area contributed by atoms with Crippen LogP contribution in [0.4, 0.5) is 0 Å². The zero-order valence-electron chi connectivity index (χ0n) is 12.8. The molecule has 0 fully saturated rings. The zero-order chi connectivity index (χ0) is 15.8. The van der Waals surface area contributed by atoms with Crippen molar-refractivity contribution in [1.82, 2.24) is 5.32 Å². The van der Waals surface area contributed by atoms with E-state index in [2.05, 4.69) is 5.32 Å². The Labute approximate surface area is 125 Å². The normalized spacial score (nSPS) is 11.8. The number of carboxylic acid groups (broad SMARTS) is 1. The van der Waals surface area contributed by atoms with Gasteiger partial charge in [0.1, 0.15) is 5.75 Å². The van der Waals surface area contributed by atoms with Crippen LogP contribution in [0.2, 0.25) is 0 Å². The van der Waals surface area contributed by atoms with E-state index < -0.39 is 5.97 Å². The maximum absolute atomic E-state index is 11.6. The van der Waals surface area contributed by atoms with Crippen LogP contribution in [0.1, 0.15) is 30.9 Å². The van der Waals surface area contributed by atoms with Crippen LogP contribution in [0.25, 0.3) is 0 Å². The van der Waals surface area contributed by atoms with Gasteiger partial charge in [-0.3, -0.25) is 9.59 Å². The van der Waals surface area contributed by atoms with Gasteiger partial charge < -0.3 is 15.2 Å². The minimum absolute atomic E-state index is 0.0304. The molecule has 21 heavy (non-hydrogen) atoms. The Bertz CT molecular complexity index is 479. The van der Waals surface area contributed by atoms with Crippen molar-refractivity contribution in [3.8, 4) is 5.75 Å². The number of carbonyl (C=O) groups excluding carboxylic acids is 1. The molecule has 0 aliphatic rings. The molecule has 1 atom stereocenters. The second-order valence-electron chi connectivity index (χ2n) is 5.34. The Morgan fingerprint density at radius 3 is 2.43 bits per heavy atom. The molecule has 5 heteroatoms.